The number of amides is 1. The molecule has 0 aliphatic heterocycles. The van der Waals surface area contributed by atoms with Crippen molar-refractivity contribution >= 4 is 17.7 Å². The van der Waals surface area contributed by atoms with Gasteiger partial charge in [0.05, 0.1) is 13.2 Å². The third kappa shape index (κ3) is 3.94. The topological polar surface area (TPSA) is 75.3 Å². The Kier molecular flexibility index (Phi) is 6.14. The summed E-state index contributed by atoms with van der Waals surface area (Å²) in [7, 11) is 0. The van der Waals surface area contributed by atoms with Gasteiger partial charge in [-0.1, -0.05) is 0 Å². The fraction of sp³-hybridized carbons (Fsp3) is 0.857. The highest BCUT2D eigenvalue weighted by atomic mass is 32.2. The average Bonchev–Trinajstić information content (AvgIpc) is 2.06. The third-order valence-corrected chi connectivity index (χ3v) is 2.78. The van der Waals surface area contributed by atoms with Gasteiger partial charge in [0, 0.05) is 11.3 Å². The number of nitrogens with two attached hydrogens (primary N) is 1. The van der Waals surface area contributed by atoms with Crippen molar-refractivity contribution in [3.8, 4) is 0 Å². The van der Waals surface area contributed by atoms with Crippen LogP contribution in [0.3, 0.4) is 0 Å². The Balaban J connectivity index is 3.83. The first-order chi connectivity index (χ1) is 5.65. The molecule has 12 heavy (non-hydrogen) atoms. The van der Waals surface area contributed by atoms with E-state index in [4.69, 9.17) is 10.8 Å². The number of rotatable bonds is 5. The summed E-state index contributed by atoms with van der Waals surface area (Å²) in [5, 5.41) is 11.6. The lowest BCUT2D eigenvalue weighted by Crippen LogP contribution is -2.43. The van der Waals surface area contributed by atoms with Crippen molar-refractivity contribution in [2.24, 2.45) is 5.73 Å². The zero-order chi connectivity index (χ0) is 9.56. The summed E-state index contributed by atoms with van der Waals surface area (Å²) < 4.78 is 0. The van der Waals surface area contributed by atoms with E-state index >= 15 is 0 Å². The second kappa shape index (κ2) is 6.28. The Bertz CT molecular complexity index is 139. The lowest BCUT2D eigenvalue weighted by atomic mass is 10.2. The first-order valence-corrected chi connectivity index (χ1v) is 5.07. The molecule has 0 saturated carbocycles. The fourth-order valence-corrected chi connectivity index (χ4v) is 1.47. The SMILES string of the molecule is CSC(CO)C(C)NC(=O)CN. The van der Waals surface area contributed by atoms with Gasteiger partial charge in [-0.2, -0.15) is 11.8 Å². The molecule has 0 radical (unpaired) electrons. The molecule has 0 aliphatic carbocycles. The molecule has 1 amide bonds. The average molecular weight is 192 g/mol. The highest BCUT2D eigenvalue weighted by molar-refractivity contribution is 7.99. The number of carbonyl (C=O) groups is 1. The van der Waals surface area contributed by atoms with Crippen molar-refractivity contribution < 1.29 is 9.90 Å². The molecule has 0 spiro atoms. The normalized spacial score (nSPS) is 15.3. The number of aliphatic hydroxyl groups excluding tert-OH is 1. The van der Waals surface area contributed by atoms with Crippen LogP contribution in [0.25, 0.3) is 0 Å². The van der Waals surface area contributed by atoms with E-state index < -0.39 is 0 Å². The second-order valence-corrected chi connectivity index (χ2v) is 3.59. The molecule has 0 heterocycles. The second-order valence-electron chi connectivity index (χ2n) is 2.52. The molecule has 72 valence electrons. The van der Waals surface area contributed by atoms with Gasteiger partial charge < -0.3 is 16.2 Å². The first-order valence-electron chi connectivity index (χ1n) is 3.78. The van der Waals surface area contributed by atoms with Gasteiger partial charge in [-0.25, -0.2) is 0 Å². The van der Waals surface area contributed by atoms with Crippen LogP contribution < -0.4 is 11.1 Å². The van der Waals surface area contributed by atoms with Crippen molar-refractivity contribution in [3.05, 3.63) is 0 Å². The Morgan fingerprint density at radius 1 is 1.75 bits per heavy atom. The third-order valence-electron chi connectivity index (χ3n) is 1.61. The van der Waals surface area contributed by atoms with Crippen LogP contribution in [0, 0.1) is 0 Å². The van der Waals surface area contributed by atoms with Gasteiger partial charge in [0.15, 0.2) is 0 Å². The largest absolute Gasteiger partial charge is 0.395 e. The van der Waals surface area contributed by atoms with Gasteiger partial charge in [-0.05, 0) is 13.2 Å². The standard InChI is InChI=1S/C7H16N2O2S/c1-5(6(4-10)12-2)9-7(11)3-8/h5-6,10H,3-4,8H2,1-2H3,(H,9,11). The molecule has 0 aliphatic rings. The van der Waals surface area contributed by atoms with Crippen LogP contribution in [-0.2, 0) is 4.79 Å². The smallest absolute Gasteiger partial charge is 0.233 e. The van der Waals surface area contributed by atoms with Gasteiger partial charge in [0.2, 0.25) is 5.91 Å². The highest BCUT2D eigenvalue weighted by Crippen LogP contribution is 2.09. The Morgan fingerprint density at radius 3 is 2.67 bits per heavy atom. The molecule has 0 rings (SSSR count). The monoisotopic (exact) mass is 192 g/mol. The molecule has 4 nitrogen and oxygen atoms in total. The summed E-state index contributed by atoms with van der Waals surface area (Å²) in [6, 6.07) is -0.0407. The van der Waals surface area contributed by atoms with Gasteiger partial charge >= 0.3 is 0 Å². The molecule has 2 atom stereocenters. The predicted molar refractivity (Wildman–Crippen MR) is 51.0 cm³/mol. The molecule has 0 aromatic rings. The van der Waals surface area contributed by atoms with E-state index in [2.05, 4.69) is 5.32 Å². The van der Waals surface area contributed by atoms with Crippen LogP contribution in [0.15, 0.2) is 0 Å². The summed E-state index contributed by atoms with van der Waals surface area (Å²) >= 11 is 1.52. The van der Waals surface area contributed by atoms with Gasteiger partial charge in [0.1, 0.15) is 0 Å². The quantitative estimate of drug-likeness (QED) is 0.531. The van der Waals surface area contributed by atoms with Crippen LogP contribution in [0.2, 0.25) is 0 Å². The minimum absolute atomic E-state index is 0.00311. The van der Waals surface area contributed by atoms with Crippen molar-refractivity contribution in [3.63, 3.8) is 0 Å². The number of aliphatic hydroxyl groups is 1. The maximum atomic E-state index is 10.8. The van der Waals surface area contributed by atoms with Crippen LogP contribution in [0.5, 0.6) is 0 Å². The maximum Gasteiger partial charge on any atom is 0.233 e. The fourth-order valence-electron chi connectivity index (χ4n) is 0.843. The minimum atomic E-state index is -0.185. The molecule has 0 fully saturated rings. The molecule has 4 N–H and O–H groups in total. The van der Waals surface area contributed by atoms with Crippen LogP contribution in [0.1, 0.15) is 6.92 Å². The summed E-state index contributed by atoms with van der Waals surface area (Å²) in [5.74, 6) is -0.185. The lowest BCUT2D eigenvalue weighted by Gasteiger charge is -2.20. The van der Waals surface area contributed by atoms with Gasteiger partial charge in [0.25, 0.3) is 0 Å². The molecule has 0 saturated heterocycles. The first kappa shape index (κ1) is 11.7. The number of thioether (sulfide) groups is 1. The molecule has 0 aromatic carbocycles. The van der Waals surface area contributed by atoms with Crippen molar-refractivity contribution in [2.45, 2.75) is 18.2 Å². The molecular weight excluding hydrogens is 176 g/mol. The number of hydrogen-bond donors (Lipinski definition) is 3. The predicted octanol–water partition coefficient (Wildman–Crippen LogP) is -0.826. The Morgan fingerprint density at radius 2 is 2.33 bits per heavy atom. The van der Waals surface area contributed by atoms with E-state index in [-0.39, 0.29) is 30.4 Å². The molecular formula is C7H16N2O2S. The minimum Gasteiger partial charge on any atom is -0.395 e. The number of nitrogens with one attached hydrogen (secondary N) is 1. The number of carbonyl (C=O) groups excluding carboxylic acids is 1. The van der Waals surface area contributed by atoms with E-state index in [1.54, 1.807) is 0 Å². The number of hydrogen-bond acceptors (Lipinski definition) is 4. The molecule has 0 bridgehead atoms. The zero-order valence-electron chi connectivity index (χ0n) is 7.41. The van der Waals surface area contributed by atoms with Crippen molar-refractivity contribution in [1.82, 2.24) is 5.32 Å². The van der Waals surface area contributed by atoms with Crippen LogP contribution >= 0.6 is 11.8 Å². The van der Waals surface area contributed by atoms with E-state index in [1.807, 2.05) is 13.2 Å². The van der Waals surface area contributed by atoms with E-state index in [0.717, 1.165) is 0 Å². The summed E-state index contributed by atoms with van der Waals surface area (Å²) in [6.07, 6.45) is 1.89. The van der Waals surface area contributed by atoms with Crippen molar-refractivity contribution in [2.75, 3.05) is 19.4 Å². The molecule has 2 unspecified atom stereocenters. The van der Waals surface area contributed by atoms with Crippen molar-refractivity contribution in [1.29, 1.82) is 0 Å². The summed E-state index contributed by atoms with van der Waals surface area (Å²) in [6.45, 7) is 1.91. The zero-order valence-corrected chi connectivity index (χ0v) is 8.23. The summed E-state index contributed by atoms with van der Waals surface area (Å²) in [5.41, 5.74) is 5.12. The van der Waals surface area contributed by atoms with E-state index in [0.29, 0.717) is 0 Å². The highest BCUT2D eigenvalue weighted by Gasteiger charge is 2.16. The van der Waals surface area contributed by atoms with Gasteiger partial charge in [-0.3, -0.25) is 4.79 Å². The lowest BCUT2D eigenvalue weighted by molar-refractivity contribution is -0.120. The Labute approximate surface area is 76.9 Å². The summed E-state index contributed by atoms with van der Waals surface area (Å²) in [4.78, 5) is 10.8. The van der Waals surface area contributed by atoms with Crippen LogP contribution in [0.4, 0.5) is 0 Å². The van der Waals surface area contributed by atoms with E-state index in [1.165, 1.54) is 11.8 Å². The Hall–Kier alpha value is -0.260. The molecule has 0 aromatic heterocycles. The van der Waals surface area contributed by atoms with E-state index in [9.17, 15) is 4.79 Å². The maximum absolute atomic E-state index is 10.8. The van der Waals surface area contributed by atoms with Gasteiger partial charge in [-0.15, -0.1) is 0 Å². The van der Waals surface area contributed by atoms with Crippen LogP contribution in [-0.4, -0.2) is 41.7 Å². The molecule has 5 heteroatoms.